The van der Waals surface area contributed by atoms with Crippen molar-refractivity contribution in [2.75, 3.05) is 0 Å². The highest BCUT2D eigenvalue weighted by molar-refractivity contribution is 7.87. The van der Waals surface area contributed by atoms with Gasteiger partial charge in [0.25, 0.3) is 0 Å². The van der Waals surface area contributed by atoms with Gasteiger partial charge >= 0.3 is 15.6 Å². The molecule has 98 valence electrons. The zero-order valence-corrected chi connectivity index (χ0v) is 10.2. The van der Waals surface area contributed by atoms with Crippen molar-refractivity contribution in [1.29, 1.82) is 0 Å². The van der Waals surface area contributed by atoms with Crippen LogP contribution in [0.25, 0.3) is 0 Å². The summed E-state index contributed by atoms with van der Waals surface area (Å²) < 4.78 is 61.0. The van der Waals surface area contributed by atoms with Crippen LogP contribution in [0.15, 0.2) is 0 Å². The second-order valence-corrected chi connectivity index (χ2v) is 5.22. The molecule has 0 radical (unpaired) electrons. The Kier molecular flexibility index (Phi) is 6.32. The average Bonchev–Trinajstić information content (AvgIpc) is 2.10. The monoisotopic (exact) mass is 262 g/mol. The molecule has 0 aliphatic rings. The van der Waals surface area contributed by atoms with Crippen molar-refractivity contribution in [3.8, 4) is 0 Å². The van der Waals surface area contributed by atoms with Crippen LogP contribution in [0.3, 0.4) is 0 Å². The molecule has 0 bridgehead atoms. The molecule has 1 atom stereocenters. The van der Waals surface area contributed by atoms with Gasteiger partial charge in [-0.3, -0.25) is 4.18 Å². The molecule has 0 aromatic rings. The van der Waals surface area contributed by atoms with Gasteiger partial charge in [0.05, 0.1) is 6.10 Å². The third-order valence-corrected chi connectivity index (χ3v) is 3.19. The SMILES string of the molecule is CCCCCC[C@H](C)OS(=O)(=O)C(F)(F)F. The minimum atomic E-state index is -5.44. The molecule has 0 saturated heterocycles. The van der Waals surface area contributed by atoms with E-state index in [0.717, 1.165) is 19.3 Å². The highest BCUT2D eigenvalue weighted by Crippen LogP contribution is 2.26. The molecule has 0 aromatic carbocycles. The third-order valence-electron chi connectivity index (χ3n) is 2.04. The summed E-state index contributed by atoms with van der Waals surface area (Å²) >= 11 is 0. The van der Waals surface area contributed by atoms with Gasteiger partial charge in [0.15, 0.2) is 0 Å². The normalized spacial score (nSPS) is 15.1. The summed E-state index contributed by atoms with van der Waals surface area (Å²) in [5, 5.41) is 0. The minimum absolute atomic E-state index is 0.315. The lowest BCUT2D eigenvalue weighted by molar-refractivity contribution is -0.0570. The zero-order valence-electron chi connectivity index (χ0n) is 9.38. The van der Waals surface area contributed by atoms with Gasteiger partial charge in [-0.2, -0.15) is 21.6 Å². The highest BCUT2D eigenvalue weighted by atomic mass is 32.2. The molecule has 0 heterocycles. The average molecular weight is 262 g/mol. The second kappa shape index (κ2) is 6.44. The number of rotatable bonds is 7. The third kappa shape index (κ3) is 5.69. The maximum Gasteiger partial charge on any atom is 0.523 e. The summed E-state index contributed by atoms with van der Waals surface area (Å²) in [6.07, 6.45) is 2.92. The Balaban J connectivity index is 4.01. The van der Waals surface area contributed by atoms with Crippen molar-refractivity contribution in [2.24, 2.45) is 0 Å². The number of unbranched alkanes of at least 4 members (excludes halogenated alkanes) is 3. The van der Waals surface area contributed by atoms with Gasteiger partial charge in [0.2, 0.25) is 0 Å². The Morgan fingerprint density at radius 1 is 1.19 bits per heavy atom. The lowest BCUT2D eigenvalue weighted by Gasteiger charge is -2.14. The Morgan fingerprint density at radius 2 is 1.75 bits per heavy atom. The fraction of sp³-hybridized carbons (Fsp3) is 1.00. The predicted octanol–water partition coefficient (Wildman–Crippen LogP) is 3.21. The van der Waals surface area contributed by atoms with Crippen LogP contribution >= 0.6 is 0 Å². The van der Waals surface area contributed by atoms with Crippen molar-refractivity contribution in [3.63, 3.8) is 0 Å². The maximum atomic E-state index is 11.9. The van der Waals surface area contributed by atoms with Gasteiger partial charge in [0, 0.05) is 0 Å². The largest absolute Gasteiger partial charge is 0.523 e. The molecule has 0 unspecified atom stereocenters. The van der Waals surface area contributed by atoms with E-state index in [2.05, 4.69) is 4.18 Å². The van der Waals surface area contributed by atoms with E-state index >= 15 is 0 Å². The van der Waals surface area contributed by atoms with Gasteiger partial charge in [-0.25, -0.2) is 0 Å². The molecule has 0 rings (SSSR count). The Hall–Kier alpha value is -0.300. The summed E-state index contributed by atoms with van der Waals surface area (Å²) in [4.78, 5) is 0. The molecule has 0 aliphatic carbocycles. The number of hydrogen-bond donors (Lipinski definition) is 0. The Labute approximate surface area is 94.1 Å². The number of alkyl halides is 3. The summed E-state index contributed by atoms with van der Waals surface area (Å²) in [6, 6.07) is 0. The van der Waals surface area contributed by atoms with Crippen LogP contribution in [-0.2, 0) is 14.3 Å². The van der Waals surface area contributed by atoms with Gasteiger partial charge in [-0.15, -0.1) is 0 Å². The first-order valence-corrected chi connectivity index (χ1v) is 6.61. The quantitative estimate of drug-likeness (QED) is 0.402. The van der Waals surface area contributed by atoms with Crippen LogP contribution in [0.5, 0.6) is 0 Å². The number of hydrogen-bond acceptors (Lipinski definition) is 3. The molecule has 0 aromatic heterocycles. The molecule has 0 saturated carbocycles. The van der Waals surface area contributed by atoms with E-state index < -0.39 is 21.7 Å². The Morgan fingerprint density at radius 3 is 2.19 bits per heavy atom. The summed E-state index contributed by atoms with van der Waals surface area (Å²) in [7, 11) is -5.44. The van der Waals surface area contributed by atoms with Crippen LogP contribution in [0.1, 0.15) is 46.0 Å². The van der Waals surface area contributed by atoms with Crippen molar-refractivity contribution >= 4 is 10.1 Å². The van der Waals surface area contributed by atoms with Crippen LogP contribution in [0, 0.1) is 0 Å². The van der Waals surface area contributed by atoms with E-state index in [9.17, 15) is 21.6 Å². The van der Waals surface area contributed by atoms with Crippen LogP contribution in [0.4, 0.5) is 13.2 Å². The smallest absolute Gasteiger partial charge is 0.260 e. The first kappa shape index (κ1) is 15.7. The molecule has 0 spiro atoms. The van der Waals surface area contributed by atoms with E-state index in [-0.39, 0.29) is 0 Å². The van der Waals surface area contributed by atoms with Gasteiger partial charge in [-0.1, -0.05) is 32.6 Å². The molecule has 16 heavy (non-hydrogen) atoms. The van der Waals surface area contributed by atoms with Gasteiger partial charge < -0.3 is 0 Å². The van der Waals surface area contributed by atoms with E-state index in [1.807, 2.05) is 6.92 Å². The fourth-order valence-corrected chi connectivity index (χ4v) is 1.82. The van der Waals surface area contributed by atoms with Crippen molar-refractivity contribution in [3.05, 3.63) is 0 Å². The molecular weight excluding hydrogens is 245 g/mol. The molecule has 3 nitrogen and oxygen atoms in total. The standard InChI is InChI=1S/C9H17F3O3S/c1-3-4-5-6-7-8(2)15-16(13,14)9(10,11)12/h8H,3-7H2,1-2H3/t8-/m0/s1. The zero-order chi connectivity index (χ0) is 12.8. The van der Waals surface area contributed by atoms with E-state index in [0.29, 0.717) is 12.8 Å². The molecule has 0 fully saturated rings. The fourth-order valence-electron chi connectivity index (χ4n) is 1.18. The highest BCUT2D eigenvalue weighted by Gasteiger charge is 2.48. The van der Waals surface area contributed by atoms with Crippen molar-refractivity contribution < 1.29 is 25.8 Å². The van der Waals surface area contributed by atoms with Crippen LogP contribution < -0.4 is 0 Å². The first-order chi connectivity index (χ1) is 7.20. The van der Waals surface area contributed by atoms with Gasteiger partial charge in [-0.05, 0) is 13.3 Å². The lowest BCUT2D eigenvalue weighted by Crippen LogP contribution is -2.28. The molecular formula is C9H17F3O3S. The molecule has 0 amide bonds. The van der Waals surface area contributed by atoms with Crippen LogP contribution in [-0.4, -0.2) is 20.0 Å². The molecule has 0 aliphatic heterocycles. The number of halogens is 3. The second-order valence-electron chi connectivity index (χ2n) is 3.66. The van der Waals surface area contributed by atoms with E-state index in [1.165, 1.54) is 6.92 Å². The van der Waals surface area contributed by atoms with Crippen LogP contribution in [0.2, 0.25) is 0 Å². The molecule has 7 heteroatoms. The summed E-state index contributed by atoms with van der Waals surface area (Å²) in [5.41, 5.74) is -5.33. The van der Waals surface area contributed by atoms with Gasteiger partial charge in [0.1, 0.15) is 0 Å². The predicted molar refractivity (Wildman–Crippen MR) is 54.3 cm³/mol. The maximum absolute atomic E-state index is 11.9. The van der Waals surface area contributed by atoms with E-state index in [1.54, 1.807) is 0 Å². The van der Waals surface area contributed by atoms with Crippen molar-refractivity contribution in [2.45, 2.75) is 57.6 Å². The summed E-state index contributed by atoms with van der Waals surface area (Å²) in [5.74, 6) is 0. The minimum Gasteiger partial charge on any atom is -0.260 e. The molecule has 0 N–H and O–H groups in total. The summed E-state index contributed by atoms with van der Waals surface area (Å²) in [6.45, 7) is 3.34. The van der Waals surface area contributed by atoms with E-state index in [4.69, 9.17) is 0 Å². The van der Waals surface area contributed by atoms with Crippen molar-refractivity contribution in [1.82, 2.24) is 0 Å². The lowest BCUT2D eigenvalue weighted by atomic mass is 10.1. The first-order valence-electron chi connectivity index (χ1n) is 5.20. The Bertz CT molecular complexity index is 285. The topological polar surface area (TPSA) is 43.4 Å².